The largest absolute Gasteiger partial charge is 0.491 e. The van der Waals surface area contributed by atoms with Crippen molar-refractivity contribution in [1.29, 1.82) is 0 Å². The molecule has 0 aromatic heterocycles. The lowest BCUT2D eigenvalue weighted by atomic mass is 9.76. The fraction of sp³-hybridized carbons (Fsp3) is 0.600. The molecule has 4 heteroatoms. The molecular weight excluding hydrogens is 420 g/mol. The molecule has 1 unspecified atom stereocenters. The van der Waals surface area contributed by atoms with Crippen LogP contribution in [0.3, 0.4) is 0 Å². The minimum Gasteiger partial charge on any atom is -0.491 e. The van der Waals surface area contributed by atoms with Crippen molar-refractivity contribution in [2.24, 2.45) is 0 Å². The van der Waals surface area contributed by atoms with E-state index in [0.717, 1.165) is 44.8 Å². The van der Waals surface area contributed by atoms with E-state index >= 15 is 0 Å². The molecule has 3 rings (SSSR count). The summed E-state index contributed by atoms with van der Waals surface area (Å²) in [6, 6.07) is 15.4. The highest BCUT2D eigenvalue weighted by molar-refractivity contribution is 5.48. The number of β-amino-alcohol motifs (C(OH)–C–C–N with tert-alkyl or cyclic N) is 1. The molecule has 0 saturated carbocycles. The maximum absolute atomic E-state index is 10.8. The number of aliphatic hydroxyl groups excluding tert-OH is 1. The van der Waals surface area contributed by atoms with Crippen molar-refractivity contribution in [2.45, 2.75) is 78.2 Å². The second-order valence-electron chi connectivity index (χ2n) is 11.3. The number of anilines is 1. The lowest BCUT2D eigenvalue weighted by Gasteiger charge is -2.37. The number of piperazine rings is 1. The second kappa shape index (κ2) is 11.1. The molecule has 188 valence electrons. The van der Waals surface area contributed by atoms with Gasteiger partial charge in [0.25, 0.3) is 0 Å². The highest BCUT2D eigenvalue weighted by Crippen LogP contribution is 2.38. The van der Waals surface area contributed by atoms with E-state index < -0.39 is 6.10 Å². The number of benzene rings is 2. The first-order valence-electron chi connectivity index (χ1n) is 13.1. The predicted octanol–water partition coefficient (Wildman–Crippen LogP) is 5.93. The van der Waals surface area contributed by atoms with E-state index in [-0.39, 0.29) is 10.8 Å². The first-order chi connectivity index (χ1) is 16.1. The molecule has 1 heterocycles. The summed E-state index contributed by atoms with van der Waals surface area (Å²) in [6.45, 7) is 20.6. The van der Waals surface area contributed by atoms with Crippen LogP contribution in [0.5, 0.6) is 5.75 Å². The standard InChI is InChI=1S/C30H46N2O2/c1-8-29(4,5)24-12-15-28(27(20-24)30(6,7)9-2)34-22-26(33)21-31-16-18-32(19-17-31)25-13-10-23(3)11-14-25/h10-15,20,26,33H,8-9,16-19,21-22H2,1-7H3. The quantitative estimate of drug-likeness (QED) is 0.471. The van der Waals surface area contributed by atoms with Crippen molar-refractivity contribution >= 4 is 5.69 Å². The Morgan fingerprint density at radius 3 is 2.09 bits per heavy atom. The van der Waals surface area contributed by atoms with Gasteiger partial charge in [-0.05, 0) is 54.4 Å². The molecule has 0 bridgehead atoms. The third-order valence-electron chi connectivity index (χ3n) is 7.93. The Balaban J connectivity index is 1.58. The van der Waals surface area contributed by atoms with Crippen LogP contribution in [0.2, 0.25) is 0 Å². The highest BCUT2D eigenvalue weighted by Gasteiger charge is 2.27. The first-order valence-corrected chi connectivity index (χ1v) is 13.1. The first kappa shape index (κ1) is 26.6. The fourth-order valence-electron chi connectivity index (χ4n) is 4.48. The van der Waals surface area contributed by atoms with Gasteiger partial charge in [-0.2, -0.15) is 0 Å². The average molecular weight is 467 g/mol. The number of rotatable bonds is 10. The minimum absolute atomic E-state index is 0.0203. The Hall–Kier alpha value is -2.04. The van der Waals surface area contributed by atoms with Crippen molar-refractivity contribution < 1.29 is 9.84 Å². The summed E-state index contributed by atoms with van der Waals surface area (Å²) in [4.78, 5) is 4.78. The predicted molar refractivity (Wildman–Crippen MR) is 144 cm³/mol. The number of nitrogens with zero attached hydrogens (tertiary/aromatic N) is 2. The summed E-state index contributed by atoms with van der Waals surface area (Å²) < 4.78 is 6.24. The van der Waals surface area contributed by atoms with E-state index in [0.29, 0.717) is 13.2 Å². The number of aryl methyl sites for hydroxylation is 1. The van der Waals surface area contributed by atoms with Gasteiger partial charge in [-0.3, -0.25) is 4.90 Å². The fourth-order valence-corrected chi connectivity index (χ4v) is 4.48. The molecule has 0 aliphatic carbocycles. The van der Waals surface area contributed by atoms with Crippen LogP contribution in [0.4, 0.5) is 5.69 Å². The molecule has 1 fully saturated rings. The van der Waals surface area contributed by atoms with Crippen LogP contribution < -0.4 is 9.64 Å². The van der Waals surface area contributed by atoms with Gasteiger partial charge in [0.05, 0.1) is 0 Å². The number of aliphatic hydroxyl groups is 1. The van der Waals surface area contributed by atoms with Gasteiger partial charge in [-0.25, -0.2) is 0 Å². The molecule has 2 aromatic rings. The number of hydrogen-bond donors (Lipinski definition) is 1. The van der Waals surface area contributed by atoms with E-state index in [4.69, 9.17) is 4.74 Å². The third-order valence-corrected chi connectivity index (χ3v) is 7.93. The topological polar surface area (TPSA) is 35.9 Å². The lowest BCUT2D eigenvalue weighted by Crippen LogP contribution is -2.49. The van der Waals surface area contributed by atoms with Gasteiger partial charge >= 0.3 is 0 Å². The maximum atomic E-state index is 10.8. The van der Waals surface area contributed by atoms with Gasteiger partial charge in [0.1, 0.15) is 18.5 Å². The Labute approximate surface area is 207 Å². The van der Waals surface area contributed by atoms with E-state index in [1.165, 1.54) is 22.4 Å². The van der Waals surface area contributed by atoms with E-state index in [1.54, 1.807) is 0 Å². The molecule has 34 heavy (non-hydrogen) atoms. The molecule has 2 aromatic carbocycles. The van der Waals surface area contributed by atoms with Crippen molar-refractivity contribution in [3.8, 4) is 5.75 Å². The summed E-state index contributed by atoms with van der Waals surface area (Å²) in [7, 11) is 0. The smallest absolute Gasteiger partial charge is 0.123 e. The van der Waals surface area contributed by atoms with Crippen LogP contribution in [-0.2, 0) is 10.8 Å². The van der Waals surface area contributed by atoms with E-state index in [9.17, 15) is 5.11 Å². The SMILES string of the molecule is CCC(C)(C)c1ccc(OCC(O)CN2CCN(c3ccc(C)cc3)CC2)c(C(C)(C)CC)c1. The molecule has 0 spiro atoms. The molecule has 0 radical (unpaired) electrons. The van der Waals surface area contributed by atoms with Crippen LogP contribution in [0.1, 0.15) is 71.1 Å². The molecule has 1 saturated heterocycles. The van der Waals surface area contributed by atoms with Gasteiger partial charge in [-0.15, -0.1) is 0 Å². The summed E-state index contributed by atoms with van der Waals surface area (Å²) in [5.41, 5.74) is 5.33. The summed E-state index contributed by atoms with van der Waals surface area (Å²) >= 11 is 0. The molecule has 4 nitrogen and oxygen atoms in total. The van der Waals surface area contributed by atoms with Crippen LogP contribution in [0.25, 0.3) is 0 Å². The third kappa shape index (κ3) is 6.55. The van der Waals surface area contributed by atoms with E-state index in [1.807, 2.05) is 0 Å². The van der Waals surface area contributed by atoms with E-state index in [2.05, 4.69) is 101 Å². The zero-order valence-electron chi connectivity index (χ0n) is 22.5. The van der Waals surface area contributed by atoms with Crippen LogP contribution in [0, 0.1) is 6.92 Å². The molecule has 1 N–H and O–H groups in total. The van der Waals surface area contributed by atoms with Gasteiger partial charge in [0.2, 0.25) is 0 Å². The lowest BCUT2D eigenvalue weighted by molar-refractivity contribution is 0.0655. The monoisotopic (exact) mass is 466 g/mol. The van der Waals surface area contributed by atoms with Gasteiger partial charge in [0.15, 0.2) is 0 Å². The highest BCUT2D eigenvalue weighted by atomic mass is 16.5. The summed E-state index contributed by atoms with van der Waals surface area (Å²) in [5, 5.41) is 10.8. The Morgan fingerprint density at radius 2 is 1.50 bits per heavy atom. The van der Waals surface area contributed by atoms with Crippen molar-refractivity contribution in [2.75, 3.05) is 44.2 Å². The number of hydrogen-bond acceptors (Lipinski definition) is 4. The summed E-state index contributed by atoms with van der Waals surface area (Å²) in [6.07, 6.45) is 1.62. The van der Waals surface area contributed by atoms with Crippen molar-refractivity contribution in [3.05, 3.63) is 59.2 Å². The molecule has 0 amide bonds. The maximum Gasteiger partial charge on any atom is 0.123 e. The molecule has 1 atom stereocenters. The molecule has 1 aliphatic heterocycles. The van der Waals surface area contributed by atoms with Crippen molar-refractivity contribution in [3.63, 3.8) is 0 Å². The number of ether oxygens (including phenoxy) is 1. The second-order valence-corrected chi connectivity index (χ2v) is 11.3. The summed E-state index contributed by atoms with van der Waals surface area (Å²) in [5.74, 6) is 0.908. The normalized spacial score (nSPS) is 16.5. The van der Waals surface area contributed by atoms with Crippen LogP contribution in [-0.4, -0.2) is 55.4 Å². The Morgan fingerprint density at radius 1 is 0.882 bits per heavy atom. The van der Waals surface area contributed by atoms with Crippen molar-refractivity contribution in [1.82, 2.24) is 4.90 Å². The van der Waals surface area contributed by atoms with Gasteiger partial charge in [0, 0.05) is 44.0 Å². The molecule has 1 aliphatic rings. The van der Waals surface area contributed by atoms with Crippen LogP contribution >= 0.6 is 0 Å². The van der Waals surface area contributed by atoms with Crippen LogP contribution in [0.15, 0.2) is 42.5 Å². The zero-order chi connectivity index (χ0) is 24.9. The Kier molecular flexibility index (Phi) is 8.70. The Bertz CT molecular complexity index is 912. The minimum atomic E-state index is -0.504. The van der Waals surface area contributed by atoms with Gasteiger partial charge < -0.3 is 14.7 Å². The average Bonchev–Trinajstić information content (AvgIpc) is 2.83. The zero-order valence-corrected chi connectivity index (χ0v) is 22.5. The van der Waals surface area contributed by atoms with Gasteiger partial charge in [-0.1, -0.05) is 71.4 Å². The molecular formula is C30H46N2O2.